The van der Waals surface area contributed by atoms with Crippen LogP contribution in [0.3, 0.4) is 0 Å². The van der Waals surface area contributed by atoms with Gasteiger partial charge in [-0.1, -0.05) is 5.21 Å². The standard InChI is InChI=1S/C9H16N4O/c1-7(10)9-6-11-12-13(9)8-2-4-14-5-3-8/h6-8H,2-5,10H2,1H3/t7-/m1/s1. The van der Waals surface area contributed by atoms with Crippen LogP contribution in [0.5, 0.6) is 0 Å². The van der Waals surface area contributed by atoms with E-state index in [-0.39, 0.29) is 6.04 Å². The highest BCUT2D eigenvalue weighted by molar-refractivity contribution is 5.01. The first-order valence-electron chi connectivity index (χ1n) is 5.02. The number of rotatable bonds is 2. The molecule has 0 aliphatic carbocycles. The average molecular weight is 196 g/mol. The fourth-order valence-electron chi connectivity index (χ4n) is 1.79. The van der Waals surface area contributed by atoms with E-state index in [9.17, 15) is 0 Å². The second kappa shape index (κ2) is 4.06. The number of nitrogens with two attached hydrogens (primary N) is 1. The molecule has 0 amide bonds. The molecule has 1 fully saturated rings. The highest BCUT2D eigenvalue weighted by Gasteiger charge is 2.20. The zero-order valence-electron chi connectivity index (χ0n) is 8.39. The Balaban J connectivity index is 2.17. The lowest BCUT2D eigenvalue weighted by molar-refractivity contribution is 0.0646. The molecule has 1 atom stereocenters. The minimum Gasteiger partial charge on any atom is -0.381 e. The number of hydrogen-bond donors (Lipinski definition) is 1. The zero-order chi connectivity index (χ0) is 9.97. The minimum absolute atomic E-state index is 0.00663. The van der Waals surface area contributed by atoms with Crippen molar-refractivity contribution in [3.8, 4) is 0 Å². The number of hydrogen-bond acceptors (Lipinski definition) is 4. The van der Waals surface area contributed by atoms with Gasteiger partial charge in [-0.05, 0) is 19.8 Å². The zero-order valence-corrected chi connectivity index (χ0v) is 8.39. The molecule has 2 rings (SSSR count). The first-order valence-corrected chi connectivity index (χ1v) is 5.02. The molecule has 1 aliphatic rings. The monoisotopic (exact) mass is 196 g/mol. The van der Waals surface area contributed by atoms with E-state index < -0.39 is 0 Å². The summed E-state index contributed by atoms with van der Waals surface area (Å²) >= 11 is 0. The molecule has 5 nitrogen and oxygen atoms in total. The quantitative estimate of drug-likeness (QED) is 0.754. The molecule has 0 spiro atoms. The van der Waals surface area contributed by atoms with Crippen molar-refractivity contribution in [2.45, 2.75) is 31.8 Å². The fourth-order valence-corrected chi connectivity index (χ4v) is 1.79. The molecule has 1 aliphatic heterocycles. The smallest absolute Gasteiger partial charge is 0.0754 e. The lowest BCUT2D eigenvalue weighted by Crippen LogP contribution is -2.24. The van der Waals surface area contributed by atoms with E-state index in [1.807, 2.05) is 11.6 Å². The molecule has 0 radical (unpaired) electrons. The number of nitrogens with zero attached hydrogens (tertiary/aromatic N) is 3. The van der Waals surface area contributed by atoms with Crippen LogP contribution >= 0.6 is 0 Å². The lowest BCUT2D eigenvalue weighted by Gasteiger charge is -2.24. The van der Waals surface area contributed by atoms with E-state index >= 15 is 0 Å². The minimum atomic E-state index is -0.00663. The van der Waals surface area contributed by atoms with Gasteiger partial charge in [0.1, 0.15) is 0 Å². The third-order valence-corrected chi connectivity index (χ3v) is 2.61. The molecule has 2 heterocycles. The molecule has 0 unspecified atom stereocenters. The molecule has 1 saturated heterocycles. The fraction of sp³-hybridized carbons (Fsp3) is 0.778. The molecular formula is C9H16N4O. The second-order valence-corrected chi connectivity index (χ2v) is 3.74. The van der Waals surface area contributed by atoms with Gasteiger partial charge in [-0.2, -0.15) is 0 Å². The van der Waals surface area contributed by atoms with Crippen molar-refractivity contribution in [1.82, 2.24) is 15.0 Å². The predicted molar refractivity (Wildman–Crippen MR) is 51.7 cm³/mol. The van der Waals surface area contributed by atoms with Crippen LogP contribution in [0, 0.1) is 0 Å². The van der Waals surface area contributed by atoms with E-state index in [0.717, 1.165) is 31.7 Å². The van der Waals surface area contributed by atoms with Gasteiger partial charge in [-0.25, -0.2) is 4.68 Å². The molecule has 5 heteroatoms. The van der Waals surface area contributed by atoms with Crippen LogP contribution < -0.4 is 5.73 Å². The maximum atomic E-state index is 5.83. The van der Waals surface area contributed by atoms with Gasteiger partial charge in [0.2, 0.25) is 0 Å². The van der Waals surface area contributed by atoms with E-state index in [4.69, 9.17) is 10.5 Å². The van der Waals surface area contributed by atoms with Gasteiger partial charge in [0.25, 0.3) is 0 Å². The Morgan fingerprint density at radius 3 is 2.93 bits per heavy atom. The summed E-state index contributed by atoms with van der Waals surface area (Å²) in [7, 11) is 0. The van der Waals surface area contributed by atoms with Crippen LogP contribution in [0.15, 0.2) is 6.20 Å². The predicted octanol–water partition coefficient (Wildman–Crippen LogP) is 0.649. The molecule has 0 saturated carbocycles. The molecule has 14 heavy (non-hydrogen) atoms. The van der Waals surface area contributed by atoms with Crippen LogP contribution in [-0.4, -0.2) is 28.2 Å². The summed E-state index contributed by atoms with van der Waals surface area (Å²) in [6, 6.07) is 0.403. The number of ether oxygens (including phenoxy) is 1. The molecule has 1 aromatic rings. The van der Waals surface area contributed by atoms with Crippen molar-refractivity contribution in [1.29, 1.82) is 0 Å². The maximum Gasteiger partial charge on any atom is 0.0754 e. The second-order valence-electron chi connectivity index (χ2n) is 3.74. The van der Waals surface area contributed by atoms with Crippen LogP contribution in [-0.2, 0) is 4.74 Å². The van der Waals surface area contributed by atoms with Gasteiger partial charge in [0.05, 0.1) is 17.9 Å². The van der Waals surface area contributed by atoms with Gasteiger partial charge in [0.15, 0.2) is 0 Å². The highest BCUT2D eigenvalue weighted by Crippen LogP contribution is 2.22. The summed E-state index contributed by atoms with van der Waals surface area (Å²) in [5.41, 5.74) is 6.84. The maximum absolute atomic E-state index is 5.83. The van der Waals surface area contributed by atoms with Gasteiger partial charge >= 0.3 is 0 Å². The van der Waals surface area contributed by atoms with Crippen molar-refractivity contribution < 1.29 is 4.74 Å². The summed E-state index contributed by atoms with van der Waals surface area (Å²) in [6.07, 6.45) is 3.76. The Labute approximate surface area is 83.2 Å². The Hall–Kier alpha value is -0.940. The molecular weight excluding hydrogens is 180 g/mol. The normalized spacial score (nSPS) is 21.0. The first-order chi connectivity index (χ1) is 6.79. The van der Waals surface area contributed by atoms with E-state index in [0.29, 0.717) is 6.04 Å². The van der Waals surface area contributed by atoms with Gasteiger partial charge in [0, 0.05) is 19.3 Å². The third kappa shape index (κ3) is 1.78. The highest BCUT2D eigenvalue weighted by atomic mass is 16.5. The Morgan fingerprint density at radius 1 is 1.57 bits per heavy atom. The Bertz CT molecular complexity index is 291. The summed E-state index contributed by atoms with van der Waals surface area (Å²) in [4.78, 5) is 0. The molecule has 1 aromatic heterocycles. The third-order valence-electron chi connectivity index (χ3n) is 2.61. The largest absolute Gasteiger partial charge is 0.381 e. The molecule has 78 valence electrons. The summed E-state index contributed by atoms with van der Waals surface area (Å²) in [6.45, 7) is 3.57. The van der Waals surface area contributed by atoms with Crippen LogP contribution in [0.25, 0.3) is 0 Å². The Morgan fingerprint density at radius 2 is 2.29 bits per heavy atom. The SMILES string of the molecule is C[C@@H](N)c1cnnn1C1CCOCC1. The van der Waals surface area contributed by atoms with Gasteiger partial charge in [-0.3, -0.25) is 0 Å². The molecule has 2 N–H and O–H groups in total. The topological polar surface area (TPSA) is 66.0 Å². The lowest BCUT2D eigenvalue weighted by atomic mass is 10.1. The molecule has 0 bridgehead atoms. The van der Waals surface area contributed by atoms with E-state index in [1.54, 1.807) is 6.20 Å². The van der Waals surface area contributed by atoms with Gasteiger partial charge < -0.3 is 10.5 Å². The average Bonchev–Trinajstić information content (AvgIpc) is 2.67. The number of aromatic nitrogens is 3. The van der Waals surface area contributed by atoms with Crippen molar-refractivity contribution >= 4 is 0 Å². The van der Waals surface area contributed by atoms with Crippen LogP contribution in [0.1, 0.15) is 37.5 Å². The summed E-state index contributed by atoms with van der Waals surface area (Å²) in [5, 5.41) is 8.00. The van der Waals surface area contributed by atoms with Crippen molar-refractivity contribution in [2.24, 2.45) is 5.73 Å². The van der Waals surface area contributed by atoms with Crippen molar-refractivity contribution in [2.75, 3.05) is 13.2 Å². The van der Waals surface area contributed by atoms with E-state index in [2.05, 4.69) is 10.3 Å². The summed E-state index contributed by atoms with van der Waals surface area (Å²) < 4.78 is 7.26. The van der Waals surface area contributed by atoms with E-state index in [1.165, 1.54) is 0 Å². The van der Waals surface area contributed by atoms with Gasteiger partial charge in [-0.15, -0.1) is 5.10 Å². The first kappa shape index (κ1) is 9.61. The van der Waals surface area contributed by atoms with Crippen molar-refractivity contribution in [3.63, 3.8) is 0 Å². The summed E-state index contributed by atoms with van der Waals surface area (Å²) in [5.74, 6) is 0. The Kier molecular flexibility index (Phi) is 2.79. The molecule has 0 aromatic carbocycles. The van der Waals surface area contributed by atoms with Crippen LogP contribution in [0.4, 0.5) is 0 Å². The van der Waals surface area contributed by atoms with Crippen LogP contribution in [0.2, 0.25) is 0 Å². The van der Waals surface area contributed by atoms with Crippen molar-refractivity contribution in [3.05, 3.63) is 11.9 Å².